The van der Waals surface area contributed by atoms with Crippen molar-refractivity contribution in [2.75, 3.05) is 19.0 Å². The van der Waals surface area contributed by atoms with Crippen LogP contribution in [0, 0.1) is 0 Å². The van der Waals surface area contributed by atoms with Gasteiger partial charge >= 0.3 is 0 Å². The lowest BCUT2D eigenvalue weighted by Crippen LogP contribution is -2.15. The van der Waals surface area contributed by atoms with E-state index in [4.69, 9.17) is 0 Å². The highest BCUT2D eigenvalue weighted by Crippen LogP contribution is 2.50. The highest BCUT2D eigenvalue weighted by molar-refractivity contribution is 8.04. The first-order valence-corrected chi connectivity index (χ1v) is 11.9. The van der Waals surface area contributed by atoms with Gasteiger partial charge < -0.3 is 4.90 Å². The van der Waals surface area contributed by atoms with Crippen LogP contribution in [-0.4, -0.2) is 34.4 Å². The second kappa shape index (κ2) is 9.52. The van der Waals surface area contributed by atoms with E-state index in [0.717, 1.165) is 0 Å². The molecule has 0 fully saturated rings. The van der Waals surface area contributed by atoms with Crippen LogP contribution in [0.2, 0.25) is 0 Å². The molecule has 0 atom stereocenters. The Morgan fingerprint density at radius 2 is 1.23 bits per heavy atom. The molecule has 0 bridgehead atoms. The van der Waals surface area contributed by atoms with Gasteiger partial charge in [0.1, 0.15) is 5.82 Å². The number of hydrogen-bond acceptors (Lipinski definition) is 4. The molecular formula is C21H32N2S3. The van der Waals surface area contributed by atoms with Crippen LogP contribution in [0.4, 0.5) is 5.82 Å². The van der Waals surface area contributed by atoms with Crippen molar-refractivity contribution < 1.29 is 0 Å². The molecule has 1 aromatic heterocycles. The quantitative estimate of drug-likeness (QED) is 0.432. The first-order valence-electron chi connectivity index (χ1n) is 9.23. The summed E-state index contributed by atoms with van der Waals surface area (Å²) in [7, 11) is 4.32. The standard InChI is InChI=1S/C21H32N2S3/c1-14(2)24-18-19(25-15(3)4)21(26-16(5)6)23(20(18)22(7)8)17-12-10-9-11-13-17/h9-16H,1-8H3. The van der Waals surface area contributed by atoms with Crippen molar-refractivity contribution in [1.82, 2.24) is 4.57 Å². The molecule has 2 nitrogen and oxygen atoms in total. The molecule has 144 valence electrons. The normalized spacial score (nSPS) is 11.8. The zero-order valence-electron chi connectivity index (χ0n) is 17.2. The molecule has 0 aliphatic rings. The number of thioether (sulfide) groups is 3. The molecule has 0 unspecified atom stereocenters. The van der Waals surface area contributed by atoms with Gasteiger partial charge in [-0.1, -0.05) is 59.7 Å². The third-order valence-electron chi connectivity index (χ3n) is 3.51. The van der Waals surface area contributed by atoms with E-state index < -0.39 is 0 Å². The molecule has 2 aromatic rings. The Hall–Kier alpha value is -0.650. The molecule has 0 aliphatic heterocycles. The van der Waals surface area contributed by atoms with Crippen LogP contribution in [0.3, 0.4) is 0 Å². The fourth-order valence-corrected chi connectivity index (χ4v) is 6.24. The first-order chi connectivity index (χ1) is 12.2. The van der Waals surface area contributed by atoms with Crippen LogP contribution in [0.25, 0.3) is 5.69 Å². The van der Waals surface area contributed by atoms with Crippen LogP contribution in [0.5, 0.6) is 0 Å². The van der Waals surface area contributed by atoms with Crippen molar-refractivity contribution in [3.63, 3.8) is 0 Å². The number of para-hydroxylation sites is 1. The van der Waals surface area contributed by atoms with E-state index in [1.165, 1.54) is 26.3 Å². The van der Waals surface area contributed by atoms with Gasteiger partial charge in [-0.2, -0.15) is 0 Å². The molecule has 26 heavy (non-hydrogen) atoms. The monoisotopic (exact) mass is 408 g/mol. The van der Waals surface area contributed by atoms with E-state index in [0.29, 0.717) is 15.7 Å². The van der Waals surface area contributed by atoms with E-state index in [1.807, 2.05) is 35.3 Å². The van der Waals surface area contributed by atoms with Crippen LogP contribution in [0.15, 0.2) is 45.1 Å². The van der Waals surface area contributed by atoms with Gasteiger partial charge in [0.15, 0.2) is 0 Å². The zero-order valence-corrected chi connectivity index (χ0v) is 19.7. The number of anilines is 1. The van der Waals surface area contributed by atoms with Gasteiger partial charge in [-0.3, -0.25) is 4.57 Å². The predicted molar refractivity (Wildman–Crippen MR) is 123 cm³/mol. The van der Waals surface area contributed by atoms with Crippen LogP contribution in [-0.2, 0) is 0 Å². The fourth-order valence-electron chi connectivity index (χ4n) is 2.73. The third-order valence-corrected chi connectivity index (χ3v) is 7.05. The molecule has 2 rings (SSSR count). The van der Waals surface area contributed by atoms with Crippen LogP contribution >= 0.6 is 35.3 Å². The first kappa shape index (κ1) is 21.6. The molecule has 1 aromatic carbocycles. The smallest absolute Gasteiger partial charge is 0.128 e. The molecule has 0 saturated heterocycles. The van der Waals surface area contributed by atoms with Gasteiger partial charge in [-0.25, -0.2) is 0 Å². The third kappa shape index (κ3) is 5.20. The minimum absolute atomic E-state index is 0.533. The minimum atomic E-state index is 0.533. The summed E-state index contributed by atoms with van der Waals surface area (Å²) in [6.07, 6.45) is 0. The lowest BCUT2D eigenvalue weighted by molar-refractivity contribution is 0.885. The summed E-state index contributed by atoms with van der Waals surface area (Å²) in [6, 6.07) is 10.8. The Kier molecular flexibility index (Phi) is 7.92. The fraction of sp³-hybridized carbons (Fsp3) is 0.524. The van der Waals surface area contributed by atoms with Gasteiger partial charge in [0, 0.05) is 35.5 Å². The van der Waals surface area contributed by atoms with Gasteiger partial charge in [0.05, 0.1) is 14.8 Å². The van der Waals surface area contributed by atoms with E-state index in [9.17, 15) is 0 Å². The summed E-state index contributed by atoms with van der Waals surface area (Å²) in [5.74, 6) is 1.29. The van der Waals surface area contributed by atoms with Crippen LogP contribution in [0.1, 0.15) is 41.5 Å². The Bertz CT molecular complexity index is 704. The van der Waals surface area contributed by atoms with Gasteiger partial charge in [0.2, 0.25) is 0 Å². The number of nitrogens with zero attached hydrogens (tertiary/aromatic N) is 2. The molecule has 5 heteroatoms. The molecular weight excluding hydrogens is 376 g/mol. The summed E-state index contributed by atoms with van der Waals surface area (Å²) in [5.41, 5.74) is 1.24. The lowest BCUT2D eigenvalue weighted by Gasteiger charge is -2.20. The predicted octanol–water partition coefficient (Wildman–Crippen LogP) is 7.04. The number of benzene rings is 1. The molecule has 0 spiro atoms. The highest BCUT2D eigenvalue weighted by atomic mass is 32.2. The van der Waals surface area contributed by atoms with Gasteiger partial charge in [-0.15, -0.1) is 35.3 Å². The maximum absolute atomic E-state index is 2.46. The summed E-state index contributed by atoms with van der Waals surface area (Å²) in [6.45, 7) is 13.7. The largest absolute Gasteiger partial charge is 0.363 e. The Morgan fingerprint density at radius 3 is 1.69 bits per heavy atom. The number of rotatable bonds is 8. The minimum Gasteiger partial charge on any atom is -0.363 e. The number of hydrogen-bond donors (Lipinski definition) is 0. The van der Waals surface area contributed by atoms with Crippen molar-refractivity contribution in [2.45, 2.75) is 72.1 Å². The second-order valence-electron chi connectivity index (χ2n) is 7.35. The second-order valence-corrected chi connectivity index (χ2v) is 12.1. The molecule has 0 radical (unpaired) electrons. The van der Waals surface area contributed by atoms with Crippen molar-refractivity contribution in [3.8, 4) is 5.69 Å². The molecule has 1 heterocycles. The molecule has 0 amide bonds. The average molecular weight is 409 g/mol. The summed E-state index contributed by atoms with van der Waals surface area (Å²) in [5, 5.41) is 3.00. The molecule has 0 saturated carbocycles. The van der Waals surface area contributed by atoms with Crippen molar-refractivity contribution >= 4 is 41.1 Å². The van der Waals surface area contributed by atoms with E-state index in [2.05, 4.69) is 95.4 Å². The summed E-state index contributed by atoms with van der Waals surface area (Å²) in [4.78, 5) is 5.12. The van der Waals surface area contributed by atoms with Gasteiger partial charge in [0.25, 0.3) is 0 Å². The maximum atomic E-state index is 2.46. The van der Waals surface area contributed by atoms with E-state index in [1.54, 1.807) is 0 Å². The Morgan fingerprint density at radius 1 is 0.731 bits per heavy atom. The lowest BCUT2D eigenvalue weighted by atomic mass is 10.3. The number of aromatic nitrogens is 1. The van der Waals surface area contributed by atoms with Gasteiger partial charge in [-0.05, 0) is 12.1 Å². The highest BCUT2D eigenvalue weighted by Gasteiger charge is 2.28. The van der Waals surface area contributed by atoms with E-state index >= 15 is 0 Å². The van der Waals surface area contributed by atoms with Crippen molar-refractivity contribution in [2.24, 2.45) is 0 Å². The van der Waals surface area contributed by atoms with Crippen molar-refractivity contribution in [3.05, 3.63) is 30.3 Å². The topological polar surface area (TPSA) is 8.17 Å². The SMILES string of the molecule is CC(C)Sc1c(SC(C)C)c(N(C)C)n(-c2ccccc2)c1SC(C)C. The summed E-state index contributed by atoms with van der Waals surface area (Å²) < 4.78 is 2.46. The zero-order chi connectivity index (χ0) is 19.4. The van der Waals surface area contributed by atoms with E-state index in [-0.39, 0.29) is 0 Å². The van der Waals surface area contributed by atoms with Crippen molar-refractivity contribution in [1.29, 1.82) is 0 Å². The molecule has 0 N–H and O–H groups in total. The maximum Gasteiger partial charge on any atom is 0.128 e. The Balaban J connectivity index is 2.82. The molecule has 0 aliphatic carbocycles. The Labute approximate surface area is 172 Å². The van der Waals surface area contributed by atoms with Crippen LogP contribution < -0.4 is 4.90 Å². The summed E-state index contributed by atoms with van der Waals surface area (Å²) >= 11 is 5.95. The average Bonchev–Trinajstić information content (AvgIpc) is 2.80.